The first-order valence-electron chi connectivity index (χ1n) is 6.41. The number of carbonyl (C=O) groups is 1. The van der Waals surface area contributed by atoms with E-state index < -0.39 is 0 Å². The van der Waals surface area contributed by atoms with Crippen molar-refractivity contribution in [1.82, 2.24) is 4.90 Å². The molecule has 5 heteroatoms. The molecule has 1 rings (SSSR count). The van der Waals surface area contributed by atoms with E-state index in [4.69, 9.17) is 9.47 Å². The topological polar surface area (TPSA) is 38.8 Å². The van der Waals surface area contributed by atoms with Gasteiger partial charge in [0.2, 0.25) is 5.91 Å². The summed E-state index contributed by atoms with van der Waals surface area (Å²) >= 11 is 3.51. The number of halogens is 1. The van der Waals surface area contributed by atoms with Crippen molar-refractivity contribution in [2.75, 3.05) is 27.3 Å². The summed E-state index contributed by atoms with van der Waals surface area (Å²) < 4.78 is 10.8. The average Bonchev–Trinajstić information content (AvgIpc) is 2.52. The minimum absolute atomic E-state index is 0.00107. The van der Waals surface area contributed by atoms with Gasteiger partial charge < -0.3 is 14.4 Å². The van der Waals surface area contributed by atoms with E-state index in [1.807, 2.05) is 20.9 Å². The second-order valence-corrected chi connectivity index (χ2v) is 6.50. The Balaban J connectivity index is 2.58. The van der Waals surface area contributed by atoms with Crippen molar-refractivity contribution < 1.29 is 14.3 Å². The second kappa shape index (κ2) is 6.87. The van der Waals surface area contributed by atoms with Crippen molar-refractivity contribution in [3.63, 3.8) is 0 Å². The number of nitrogens with zero attached hydrogens (tertiary/aromatic N) is 1. The lowest BCUT2D eigenvalue weighted by atomic mass is 9.88. The second-order valence-electron chi connectivity index (χ2n) is 5.20. The van der Waals surface area contributed by atoms with Gasteiger partial charge in [0.05, 0.1) is 29.6 Å². The minimum atomic E-state index is -0.0350. The molecule has 0 spiro atoms. The molecule has 1 aliphatic heterocycles. The Morgan fingerprint density at radius 3 is 2.44 bits per heavy atom. The normalized spacial score (nSPS) is 33.4. The fraction of sp³-hybridized carbons (Fsp3) is 0.923. The van der Waals surface area contributed by atoms with E-state index in [0.717, 1.165) is 0 Å². The third-order valence-electron chi connectivity index (χ3n) is 3.72. The number of amides is 1. The molecule has 18 heavy (non-hydrogen) atoms. The summed E-state index contributed by atoms with van der Waals surface area (Å²) in [6.45, 7) is 7.35. The molecule has 4 nitrogen and oxygen atoms in total. The summed E-state index contributed by atoms with van der Waals surface area (Å²) in [5.74, 6) is 0.401. The smallest absolute Gasteiger partial charge is 0.228 e. The van der Waals surface area contributed by atoms with Gasteiger partial charge in [0, 0.05) is 20.7 Å². The van der Waals surface area contributed by atoms with Gasteiger partial charge in [-0.05, 0) is 19.8 Å². The molecule has 0 bridgehead atoms. The predicted molar refractivity (Wildman–Crippen MR) is 74.9 cm³/mol. The van der Waals surface area contributed by atoms with Crippen LogP contribution in [0, 0.1) is 11.8 Å². The van der Waals surface area contributed by atoms with Gasteiger partial charge in [-0.3, -0.25) is 4.79 Å². The number of methoxy groups -OCH3 is 1. The third-order valence-corrected chi connectivity index (χ3v) is 4.28. The molecule has 0 aromatic carbocycles. The predicted octanol–water partition coefficient (Wildman–Crippen LogP) is 1.91. The first kappa shape index (κ1) is 15.9. The lowest BCUT2D eigenvalue weighted by Crippen LogP contribution is -2.41. The van der Waals surface area contributed by atoms with E-state index in [-0.39, 0.29) is 34.8 Å². The summed E-state index contributed by atoms with van der Waals surface area (Å²) in [5.41, 5.74) is 0. The van der Waals surface area contributed by atoms with Gasteiger partial charge in [-0.15, -0.1) is 0 Å². The fourth-order valence-electron chi connectivity index (χ4n) is 2.57. The Bertz CT molecular complexity index is 287. The van der Waals surface area contributed by atoms with Crippen LogP contribution in [0.5, 0.6) is 0 Å². The number of ether oxygens (including phenoxy) is 2. The van der Waals surface area contributed by atoms with Crippen molar-refractivity contribution in [3.8, 4) is 0 Å². The summed E-state index contributed by atoms with van der Waals surface area (Å²) in [6.07, 6.45) is 0.155. The van der Waals surface area contributed by atoms with Crippen LogP contribution in [-0.2, 0) is 14.3 Å². The highest BCUT2D eigenvalue weighted by atomic mass is 79.9. The molecule has 0 radical (unpaired) electrons. The lowest BCUT2D eigenvalue weighted by Gasteiger charge is -2.26. The van der Waals surface area contributed by atoms with Gasteiger partial charge in [-0.1, -0.05) is 22.9 Å². The zero-order valence-electron chi connectivity index (χ0n) is 11.9. The zero-order chi connectivity index (χ0) is 13.9. The van der Waals surface area contributed by atoms with Crippen molar-refractivity contribution in [2.24, 2.45) is 11.8 Å². The van der Waals surface area contributed by atoms with E-state index in [1.54, 1.807) is 12.0 Å². The number of hydrogen-bond donors (Lipinski definition) is 0. The van der Waals surface area contributed by atoms with Gasteiger partial charge in [0.25, 0.3) is 0 Å². The Labute approximate surface area is 118 Å². The summed E-state index contributed by atoms with van der Waals surface area (Å²) in [7, 11) is 3.50. The molecule has 0 N–H and O–H groups in total. The van der Waals surface area contributed by atoms with E-state index in [9.17, 15) is 4.79 Å². The highest BCUT2D eigenvalue weighted by molar-refractivity contribution is 9.09. The van der Waals surface area contributed by atoms with Crippen LogP contribution in [0.15, 0.2) is 0 Å². The first-order chi connectivity index (χ1) is 8.38. The maximum atomic E-state index is 12.4. The highest BCUT2D eigenvalue weighted by Crippen LogP contribution is 2.33. The standard InChI is InChI=1S/C13H24BrNO3/c1-8-9(2)18-10(3)12(8)13(16)15(4)6-11(14)7-17-5/h8-12H,6-7H2,1-5H3. The van der Waals surface area contributed by atoms with Crippen LogP contribution in [-0.4, -0.2) is 55.2 Å². The number of carbonyl (C=O) groups excluding carboxylic acids is 1. The Morgan fingerprint density at radius 1 is 1.39 bits per heavy atom. The molecule has 5 unspecified atom stereocenters. The quantitative estimate of drug-likeness (QED) is 0.726. The Kier molecular flexibility index (Phi) is 6.08. The molecule has 0 aliphatic carbocycles. The molecule has 0 aromatic rings. The maximum absolute atomic E-state index is 12.4. The summed E-state index contributed by atoms with van der Waals surface area (Å²) in [4.78, 5) is 14.4. The third kappa shape index (κ3) is 3.68. The van der Waals surface area contributed by atoms with Crippen LogP contribution < -0.4 is 0 Å². The van der Waals surface area contributed by atoms with Gasteiger partial charge in [-0.25, -0.2) is 0 Å². The van der Waals surface area contributed by atoms with Crippen LogP contribution >= 0.6 is 15.9 Å². The van der Waals surface area contributed by atoms with E-state index in [1.165, 1.54) is 0 Å². The Hall–Kier alpha value is -0.130. The van der Waals surface area contributed by atoms with Crippen molar-refractivity contribution in [3.05, 3.63) is 0 Å². The number of hydrogen-bond acceptors (Lipinski definition) is 3. The largest absolute Gasteiger partial charge is 0.383 e. The molecule has 106 valence electrons. The van der Waals surface area contributed by atoms with Crippen molar-refractivity contribution >= 4 is 21.8 Å². The monoisotopic (exact) mass is 321 g/mol. The van der Waals surface area contributed by atoms with Crippen LogP contribution in [0.2, 0.25) is 0 Å². The van der Waals surface area contributed by atoms with Gasteiger partial charge >= 0.3 is 0 Å². The summed E-state index contributed by atoms with van der Waals surface area (Å²) in [5, 5.41) is 0. The molecule has 0 saturated carbocycles. The average molecular weight is 322 g/mol. The maximum Gasteiger partial charge on any atom is 0.228 e. The molecular weight excluding hydrogens is 298 g/mol. The minimum Gasteiger partial charge on any atom is -0.383 e. The molecule has 1 fully saturated rings. The molecule has 1 heterocycles. The van der Waals surface area contributed by atoms with E-state index in [0.29, 0.717) is 13.2 Å². The summed E-state index contributed by atoms with van der Waals surface area (Å²) in [6, 6.07) is 0. The highest BCUT2D eigenvalue weighted by Gasteiger charge is 2.42. The van der Waals surface area contributed by atoms with Crippen LogP contribution in [0.1, 0.15) is 20.8 Å². The van der Waals surface area contributed by atoms with Gasteiger partial charge in [0.15, 0.2) is 0 Å². The SMILES string of the molecule is COCC(Br)CN(C)C(=O)C1C(C)OC(C)C1C. The van der Waals surface area contributed by atoms with Crippen molar-refractivity contribution in [1.29, 1.82) is 0 Å². The number of rotatable bonds is 5. The molecule has 1 aliphatic rings. The first-order valence-corrected chi connectivity index (χ1v) is 7.33. The van der Waals surface area contributed by atoms with Crippen LogP contribution in [0.3, 0.4) is 0 Å². The van der Waals surface area contributed by atoms with Crippen molar-refractivity contribution in [2.45, 2.75) is 37.8 Å². The molecule has 0 aromatic heterocycles. The molecular formula is C13H24BrNO3. The van der Waals surface area contributed by atoms with E-state index in [2.05, 4.69) is 22.9 Å². The van der Waals surface area contributed by atoms with E-state index >= 15 is 0 Å². The molecule has 1 saturated heterocycles. The fourth-order valence-corrected chi connectivity index (χ4v) is 3.27. The lowest BCUT2D eigenvalue weighted by molar-refractivity contribution is -0.136. The van der Waals surface area contributed by atoms with Crippen LogP contribution in [0.25, 0.3) is 0 Å². The number of alkyl halides is 1. The molecule has 5 atom stereocenters. The van der Waals surface area contributed by atoms with Gasteiger partial charge in [-0.2, -0.15) is 0 Å². The van der Waals surface area contributed by atoms with Crippen LogP contribution in [0.4, 0.5) is 0 Å². The van der Waals surface area contributed by atoms with Gasteiger partial charge in [0.1, 0.15) is 0 Å². The zero-order valence-corrected chi connectivity index (χ0v) is 13.4. The molecule has 1 amide bonds. The Morgan fingerprint density at radius 2 is 2.00 bits per heavy atom.